The Bertz CT molecular complexity index is 993. The van der Waals surface area contributed by atoms with Gasteiger partial charge >= 0.3 is 6.18 Å². The molecular formula is C18H16F3N5O. The average molecular weight is 375 g/mol. The lowest BCUT2D eigenvalue weighted by Crippen LogP contribution is -2.14. The molecule has 3 rings (SSSR count). The van der Waals surface area contributed by atoms with Gasteiger partial charge in [-0.3, -0.25) is 9.36 Å². The Morgan fingerprint density at radius 3 is 2.33 bits per heavy atom. The van der Waals surface area contributed by atoms with Gasteiger partial charge < -0.3 is 5.32 Å². The Kier molecular flexibility index (Phi) is 4.69. The lowest BCUT2D eigenvalue weighted by Gasteiger charge is -2.10. The number of carbonyl (C=O) groups is 1. The van der Waals surface area contributed by atoms with Crippen LogP contribution in [0.2, 0.25) is 0 Å². The molecular weight excluding hydrogens is 359 g/mol. The summed E-state index contributed by atoms with van der Waals surface area (Å²) in [7, 11) is 0. The molecule has 0 atom stereocenters. The van der Waals surface area contributed by atoms with E-state index in [1.807, 2.05) is 20.8 Å². The fourth-order valence-electron chi connectivity index (χ4n) is 2.61. The summed E-state index contributed by atoms with van der Waals surface area (Å²) in [6, 6.07) is 4.20. The van der Waals surface area contributed by atoms with Crippen LogP contribution < -0.4 is 5.32 Å². The Hall–Kier alpha value is -3.23. The van der Waals surface area contributed by atoms with Gasteiger partial charge in [-0.2, -0.15) is 13.2 Å². The van der Waals surface area contributed by atoms with Crippen molar-refractivity contribution in [1.29, 1.82) is 0 Å². The molecule has 1 N–H and O–H groups in total. The maximum absolute atomic E-state index is 12.8. The third-order valence-electron chi connectivity index (χ3n) is 4.06. The summed E-state index contributed by atoms with van der Waals surface area (Å²) in [4.78, 5) is 25.0. The van der Waals surface area contributed by atoms with Crippen molar-refractivity contribution in [3.8, 4) is 5.95 Å². The van der Waals surface area contributed by atoms with E-state index in [1.165, 1.54) is 24.5 Å². The van der Waals surface area contributed by atoms with Gasteiger partial charge in [-0.05, 0) is 39.0 Å². The number of hydrogen-bond donors (Lipinski definition) is 1. The molecule has 0 saturated carbocycles. The van der Waals surface area contributed by atoms with Crippen molar-refractivity contribution in [3.05, 3.63) is 65.0 Å². The first-order chi connectivity index (χ1) is 12.7. The molecule has 1 aromatic carbocycles. The number of rotatable bonds is 3. The van der Waals surface area contributed by atoms with Crippen LogP contribution in [0, 0.1) is 20.8 Å². The van der Waals surface area contributed by atoms with Gasteiger partial charge in [-0.1, -0.05) is 6.07 Å². The second kappa shape index (κ2) is 6.82. The molecule has 0 aliphatic rings. The van der Waals surface area contributed by atoms with Gasteiger partial charge in [-0.15, -0.1) is 0 Å². The van der Waals surface area contributed by atoms with Crippen LogP contribution in [-0.2, 0) is 6.18 Å². The van der Waals surface area contributed by atoms with Gasteiger partial charge in [0.05, 0.1) is 29.3 Å². The van der Waals surface area contributed by atoms with E-state index in [0.29, 0.717) is 5.95 Å². The maximum Gasteiger partial charge on any atom is 0.416 e. The molecule has 1 amide bonds. The highest BCUT2D eigenvalue weighted by atomic mass is 19.4. The number of amides is 1. The van der Waals surface area contributed by atoms with Crippen LogP contribution >= 0.6 is 0 Å². The van der Waals surface area contributed by atoms with Crippen LogP contribution in [0.3, 0.4) is 0 Å². The van der Waals surface area contributed by atoms with Crippen molar-refractivity contribution in [3.63, 3.8) is 0 Å². The zero-order chi connectivity index (χ0) is 19.8. The largest absolute Gasteiger partial charge is 0.416 e. The minimum absolute atomic E-state index is 0.106. The number of nitrogens with one attached hydrogen (secondary N) is 1. The molecule has 0 fully saturated rings. The fraction of sp³-hybridized carbons (Fsp3) is 0.222. The molecule has 2 aromatic heterocycles. The minimum Gasteiger partial charge on any atom is -0.319 e. The highest BCUT2D eigenvalue weighted by Gasteiger charge is 2.30. The molecule has 0 aliphatic heterocycles. The quantitative estimate of drug-likeness (QED) is 0.755. The number of alkyl halides is 3. The number of hydrogen-bond acceptors (Lipinski definition) is 4. The average Bonchev–Trinajstić information content (AvgIpc) is 2.87. The number of nitrogens with zero attached hydrogens (tertiary/aromatic N) is 4. The SMILES string of the molecule is Cc1nc(C)n(-c2ncc(NC(=O)c3cccc(C(F)(F)F)c3)cn2)c1C. The standard InChI is InChI=1S/C18H16F3N5O/c1-10-11(2)26(12(3)24-10)17-22-8-15(9-23-17)25-16(27)13-5-4-6-14(7-13)18(19,20)21/h4-9H,1-3H3,(H,25,27). The number of carbonyl (C=O) groups excluding carboxylic acids is 1. The lowest BCUT2D eigenvalue weighted by atomic mass is 10.1. The van der Waals surface area contributed by atoms with E-state index in [4.69, 9.17) is 0 Å². The van der Waals surface area contributed by atoms with Gasteiger partial charge in [0, 0.05) is 11.3 Å². The number of aryl methyl sites for hydroxylation is 2. The first-order valence-corrected chi connectivity index (χ1v) is 8.00. The predicted octanol–water partition coefficient (Wildman–Crippen LogP) is 3.86. The van der Waals surface area contributed by atoms with E-state index in [1.54, 1.807) is 4.57 Å². The van der Waals surface area contributed by atoms with E-state index >= 15 is 0 Å². The number of aromatic nitrogens is 4. The van der Waals surface area contributed by atoms with Crippen molar-refractivity contribution in [2.45, 2.75) is 26.9 Å². The van der Waals surface area contributed by atoms with E-state index in [2.05, 4.69) is 20.3 Å². The third kappa shape index (κ3) is 3.81. The number of halogens is 3. The summed E-state index contributed by atoms with van der Waals surface area (Å²) in [5.74, 6) is 0.441. The Morgan fingerprint density at radius 2 is 1.78 bits per heavy atom. The highest BCUT2D eigenvalue weighted by molar-refractivity contribution is 6.04. The molecule has 140 valence electrons. The summed E-state index contributed by atoms with van der Waals surface area (Å²) >= 11 is 0. The molecule has 9 heteroatoms. The van der Waals surface area contributed by atoms with Gasteiger partial charge in [0.25, 0.3) is 5.91 Å². The molecule has 0 bridgehead atoms. The van der Waals surface area contributed by atoms with E-state index in [0.717, 1.165) is 29.3 Å². The normalized spacial score (nSPS) is 11.5. The maximum atomic E-state index is 12.8. The molecule has 6 nitrogen and oxygen atoms in total. The van der Waals surface area contributed by atoms with Gasteiger partial charge in [0.2, 0.25) is 5.95 Å². The van der Waals surface area contributed by atoms with Crippen LogP contribution in [0.25, 0.3) is 5.95 Å². The third-order valence-corrected chi connectivity index (χ3v) is 4.06. The molecule has 3 aromatic rings. The zero-order valence-electron chi connectivity index (χ0n) is 14.8. The zero-order valence-corrected chi connectivity index (χ0v) is 14.8. The van der Waals surface area contributed by atoms with E-state index in [9.17, 15) is 18.0 Å². The number of anilines is 1. The summed E-state index contributed by atoms with van der Waals surface area (Å²) in [6.07, 6.45) is -1.73. The van der Waals surface area contributed by atoms with Crippen LogP contribution in [0.4, 0.5) is 18.9 Å². The monoisotopic (exact) mass is 375 g/mol. The van der Waals surface area contributed by atoms with Crippen molar-refractivity contribution >= 4 is 11.6 Å². The van der Waals surface area contributed by atoms with E-state index < -0.39 is 17.6 Å². The highest BCUT2D eigenvalue weighted by Crippen LogP contribution is 2.29. The van der Waals surface area contributed by atoms with Gasteiger partial charge in [0.15, 0.2) is 0 Å². The van der Waals surface area contributed by atoms with Gasteiger partial charge in [0.1, 0.15) is 5.82 Å². The Morgan fingerprint density at radius 1 is 1.11 bits per heavy atom. The summed E-state index contributed by atoms with van der Waals surface area (Å²) < 4.78 is 40.1. The van der Waals surface area contributed by atoms with E-state index in [-0.39, 0.29) is 11.3 Å². The minimum atomic E-state index is -4.51. The summed E-state index contributed by atoms with van der Waals surface area (Å²) in [6.45, 7) is 5.59. The smallest absolute Gasteiger partial charge is 0.319 e. The molecule has 0 radical (unpaired) electrons. The van der Waals surface area contributed by atoms with Crippen LogP contribution in [-0.4, -0.2) is 25.4 Å². The molecule has 0 spiro atoms. The van der Waals surface area contributed by atoms with Crippen molar-refractivity contribution in [2.75, 3.05) is 5.32 Å². The summed E-state index contributed by atoms with van der Waals surface area (Å²) in [5, 5.41) is 2.49. The van der Waals surface area contributed by atoms with Crippen LogP contribution in [0.15, 0.2) is 36.7 Å². The molecule has 0 aliphatic carbocycles. The number of imidazole rings is 1. The number of benzene rings is 1. The molecule has 0 unspecified atom stereocenters. The topological polar surface area (TPSA) is 72.7 Å². The Labute approximate surface area is 153 Å². The molecule has 0 saturated heterocycles. The summed E-state index contributed by atoms with van der Waals surface area (Å²) in [5.41, 5.74) is 1.04. The fourth-order valence-corrected chi connectivity index (χ4v) is 2.61. The Balaban J connectivity index is 1.80. The molecule has 27 heavy (non-hydrogen) atoms. The lowest BCUT2D eigenvalue weighted by molar-refractivity contribution is -0.137. The van der Waals surface area contributed by atoms with Crippen molar-refractivity contribution in [1.82, 2.24) is 19.5 Å². The van der Waals surface area contributed by atoms with Crippen LogP contribution in [0.1, 0.15) is 33.1 Å². The first-order valence-electron chi connectivity index (χ1n) is 8.00. The van der Waals surface area contributed by atoms with Crippen molar-refractivity contribution in [2.24, 2.45) is 0 Å². The van der Waals surface area contributed by atoms with Gasteiger partial charge in [-0.25, -0.2) is 15.0 Å². The second-order valence-corrected chi connectivity index (χ2v) is 5.97. The van der Waals surface area contributed by atoms with Crippen LogP contribution in [0.5, 0.6) is 0 Å². The molecule has 2 heterocycles. The second-order valence-electron chi connectivity index (χ2n) is 5.97. The predicted molar refractivity (Wildman–Crippen MR) is 92.8 cm³/mol. The first kappa shape index (κ1) is 18.6. The van der Waals surface area contributed by atoms with Crippen molar-refractivity contribution < 1.29 is 18.0 Å².